The van der Waals surface area contributed by atoms with Gasteiger partial charge < -0.3 is 8.83 Å². The highest BCUT2D eigenvalue weighted by Gasteiger charge is 1.98. The largest absolute Gasteiger partial charge is 0.469 e. The second-order valence-corrected chi connectivity index (χ2v) is 3.01. The first kappa shape index (κ1) is 8.17. The van der Waals surface area contributed by atoms with Crippen LogP contribution < -0.4 is 0 Å². The van der Waals surface area contributed by atoms with Gasteiger partial charge in [0, 0.05) is 12.8 Å². The summed E-state index contributed by atoms with van der Waals surface area (Å²) >= 11 is 0. The zero-order valence-corrected chi connectivity index (χ0v) is 7.40. The van der Waals surface area contributed by atoms with Crippen molar-refractivity contribution in [3.8, 4) is 0 Å². The van der Waals surface area contributed by atoms with Gasteiger partial charge in [0.25, 0.3) is 0 Å². The average molecular weight is 176 g/mol. The molecule has 2 aromatic heterocycles. The molecule has 0 unspecified atom stereocenters. The van der Waals surface area contributed by atoms with E-state index in [1.165, 1.54) is 0 Å². The third-order valence-corrected chi connectivity index (χ3v) is 2.01. The summed E-state index contributed by atoms with van der Waals surface area (Å²) in [5.41, 5.74) is 0. The Bertz CT molecular complexity index is 285. The topological polar surface area (TPSA) is 26.3 Å². The lowest BCUT2D eigenvalue weighted by molar-refractivity contribution is 0.477. The van der Waals surface area contributed by atoms with Gasteiger partial charge in [-0.1, -0.05) is 0 Å². The predicted molar refractivity (Wildman–Crippen MR) is 49.4 cm³/mol. The van der Waals surface area contributed by atoms with E-state index in [1.54, 1.807) is 12.5 Å². The van der Waals surface area contributed by atoms with Crippen LogP contribution in [0.15, 0.2) is 45.6 Å². The molecule has 0 spiro atoms. The highest BCUT2D eigenvalue weighted by atomic mass is 16.3. The van der Waals surface area contributed by atoms with E-state index in [0.29, 0.717) is 0 Å². The Balaban J connectivity index is 1.76. The average Bonchev–Trinajstić information content (AvgIpc) is 2.75. The second kappa shape index (κ2) is 3.99. The highest BCUT2D eigenvalue weighted by Crippen LogP contribution is 2.08. The molecule has 0 amide bonds. The standard InChI is InChI=1S/C11H12O2/c1(4-10-6-2-8-12-10)5-11-7-3-9-13-11/h2-3,6-9H,1,4-5H2. The van der Waals surface area contributed by atoms with Gasteiger partial charge in [0.05, 0.1) is 12.5 Å². The highest BCUT2D eigenvalue weighted by molar-refractivity contribution is 5.01. The van der Waals surface area contributed by atoms with Crippen molar-refractivity contribution in [1.82, 2.24) is 0 Å². The van der Waals surface area contributed by atoms with Crippen molar-refractivity contribution >= 4 is 0 Å². The van der Waals surface area contributed by atoms with Crippen LogP contribution in [0.5, 0.6) is 0 Å². The first-order valence-electron chi connectivity index (χ1n) is 4.50. The minimum Gasteiger partial charge on any atom is -0.469 e. The molecule has 0 aliphatic heterocycles. The predicted octanol–water partition coefficient (Wildman–Crippen LogP) is 3.05. The number of rotatable bonds is 4. The van der Waals surface area contributed by atoms with Crippen LogP contribution in [-0.2, 0) is 12.8 Å². The summed E-state index contributed by atoms with van der Waals surface area (Å²) < 4.78 is 10.4. The summed E-state index contributed by atoms with van der Waals surface area (Å²) in [4.78, 5) is 0. The molecule has 2 heterocycles. The lowest BCUT2D eigenvalue weighted by atomic mass is 10.2. The van der Waals surface area contributed by atoms with Gasteiger partial charge in [0.1, 0.15) is 11.5 Å². The van der Waals surface area contributed by atoms with E-state index in [2.05, 4.69) is 0 Å². The Kier molecular flexibility index (Phi) is 2.51. The molecule has 68 valence electrons. The fraction of sp³-hybridized carbons (Fsp3) is 0.273. The van der Waals surface area contributed by atoms with Gasteiger partial charge >= 0.3 is 0 Å². The van der Waals surface area contributed by atoms with Crippen LogP contribution in [0.1, 0.15) is 17.9 Å². The summed E-state index contributed by atoms with van der Waals surface area (Å²) in [6.07, 6.45) is 6.45. The van der Waals surface area contributed by atoms with E-state index < -0.39 is 0 Å². The van der Waals surface area contributed by atoms with Crippen molar-refractivity contribution in [3.63, 3.8) is 0 Å². The van der Waals surface area contributed by atoms with Crippen LogP contribution >= 0.6 is 0 Å². The molecule has 0 saturated carbocycles. The second-order valence-electron chi connectivity index (χ2n) is 3.01. The van der Waals surface area contributed by atoms with E-state index in [1.807, 2.05) is 24.3 Å². The molecule has 0 fully saturated rings. The molecule has 2 nitrogen and oxygen atoms in total. The quantitative estimate of drug-likeness (QED) is 0.715. The van der Waals surface area contributed by atoms with Crippen LogP contribution in [0.3, 0.4) is 0 Å². The van der Waals surface area contributed by atoms with Crippen molar-refractivity contribution in [2.45, 2.75) is 19.3 Å². The molecule has 0 bridgehead atoms. The third kappa shape index (κ3) is 2.25. The van der Waals surface area contributed by atoms with Gasteiger partial charge in [-0.15, -0.1) is 0 Å². The molecule has 13 heavy (non-hydrogen) atoms. The Morgan fingerprint density at radius 3 is 1.77 bits per heavy atom. The molecule has 0 saturated heterocycles. The summed E-state index contributed by atoms with van der Waals surface area (Å²) in [5, 5.41) is 0. The molecule has 0 N–H and O–H groups in total. The SMILES string of the molecule is c1coc(CCCc2ccco2)c1. The molecule has 0 aliphatic carbocycles. The molecule has 2 aromatic rings. The summed E-state index contributed by atoms with van der Waals surface area (Å²) in [6.45, 7) is 0. The van der Waals surface area contributed by atoms with E-state index in [0.717, 1.165) is 30.8 Å². The van der Waals surface area contributed by atoms with Crippen molar-refractivity contribution < 1.29 is 8.83 Å². The monoisotopic (exact) mass is 176 g/mol. The van der Waals surface area contributed by atoms with Gasteiger partial charge in [-0.3, -0.25) is 0 Å². The number of aryl methyl sites for hydroxylation is 2. The molecule has 0 aliphatic rings. The van der Waals surface area contributed by atoms with Gasteiger partial charge in [0.15, 0.2) is 0 Å². The minimum absolute atomic E-state index is 0.980. The van der Waals surface area contributed by atoms with Crippen molar-refractivity contribution in [2.24, 2.45) is 0 Å². The molecule has 2 rings (SSSR count). The summed E-state index contributed by atoms with van der Waals surface area (Å²) in [5.74, 6) is 2.10. The van der Waals surface area contributed by atoms with Gasteiger partial charge in [-0.25, -0.2) is 0 Å². The first-order valence-corrected chi connectivity index (χ1v) is 4.50. The maximum Gasteiger partial charge on any atom is 0.103 e. The Labute approximate surface area is 77.2 Å². The Morgan fingerprint density at radius 2 is 1.38 bits per heavy atom. The molecule has 0 atom stereocenters. The van der Waals surface area contributed by atoms with E-state index in [4.69, 9.17) is 8.83 Å². The molecule has 0 aromatic carbocycles. The van der Waals surface area contributed by atoms with Gasteiger partial charge in [0.2, 0.25) is 0 Å². The van der Waals surface area contributed by atoms with Crippen molar-refractivity contribution in [3.05, 3.63) is 48.3 Å². The summed E-state index contributed by atoms with van der Waals surface area (Å²) in [7, 11) is 0. The zero-order chi connectivity index (χ0) is 8.93. The maximum atomic E-state index is 5.22. The fourth-order valence-corrected chi connectivity index (χ4v) is 1.35. The van der Waals surface area contributed by atoms with Crippen LogP contribution in [0.4, 0.5) is 0 Å². The normalized spacial score (nSPS) is 10.5. The molecular weight excluding hydrogens is 164 g/mol. The first-order chi connectivity index (χ1) is 6.45. The fourth-order valence-electron chi connectivity index (χ4n) is 1.35. The van der Waals surface area contributed by atoms with Gasteiger partial charge in [-0.2, -0.15) is 0 Å². The van der Waals surface area contributed by atoms with Crippen molar-refractivity contribution in [2.75, 3.05) is 0 Å². The van der Waals surface area contributed by atoms with Crippen LogP contribution in [-0.4, -0.2) is 0 Å². The molecular formula is C11H12O2. The lowest BCUT2D eigenvalue weighted by Crippen LogP contribution is -1.86. The number of furan rings is 2. The van der Waals surface area contributed by atoms with Crippen molar-refractivity contribution in [1.29, 1.82) is 0 Å². The zero-order valence-electron chi connectivity index (χ0n) is 7.40. The number of hydrogen-bond acceptors (Lipinski definition) is 2. The van der Waals surface area contributed by atoms with E-state index >= 15 is 0 Å². The van der Waals surface area contributed by atoms with Crippen LogP contribution in [0, 0.1) is 0 Å². The Hall–Kier alpha value is -1.44. The van der Waals surface area contributed by atoms with Crippen LogP contribution in [0.2, 0.25) is 0 Å². The van der Waals surface area contributed by atoms with E-state index in [9.17, 15) is 0 Å². The van der Waals surface area contributed by atoms with Crippen LogP contribution in [0.25, 0.3) is 0 Å². The van der Waals surface area contributed by atoms with E-state index in [-0.39, 0.29) is 0 Å². The lowest BCUT2D eigenvalue weighted by Gasteiger charge is -1.94. The maximum absolute atomic E-state index is 5.22. The van der Waals surface area contributed by atoms with Gasteiger partial charge in [-0.05, 0) is 30.7 Å². The molecule has 2 heteroatoms. The Morgan fingerprint density at radius 1 is 0.846 bits per heavy atom. The minimum atomic E-state index is 0.980. The summed E-state index contributed by atoms with van der Waals surface area (Å²) in [6, 6.07) is 7.84. The molecule has 0 radical (unpaired) electrons. The third-order valence-electron chi connectivity index (χ3n) is 2.01. The smallest absolute Gasteiger partial charge is 0.103 e. The number of hydrogen-bond donors (Lipinski definition) is 0.